The summed E-state index contributed by atoms with van der Waals surface area (Å²) in [6, 6.07) is 8.23. The summed E-state index contributed by atoms with van der Waals surface area (Å²) < 4.78 is 0. The van der Waals surface area contributed by atoms with Gasteiger partial charge in [0.15, 0.2) is 0 Å². The van der Waals surface area contributed by atoms with E-state index in [0.717, 1.165) is 5.56 Å². The van der Waals surface area contributed by atoms with Crippen LogP contribution in [-0.4, -0.2) is 53.1 Å². The van der Waals surface area contributed by atoms with Crippen LogP contribution < -0.4 is 0 Å². The molecule has 1 fully saturated rings. The molecule has 1 aromatic rings. The third kappa shape index (κ3) is 3.83. The van der Waals surface area contributed by atoms with Gasteiger partial charge in [-0.2, -0.15) is 0 Å². The van der Waals surface area contributed by atoms with E-state index in [0.29, 0.717) is 26.2 Å². The van der Waals surface area contributed by atoms with Gasteiger partial charge in [0.25, 0.3) is 0 Å². The van der Waals surface area contributed by atoms with Crippen molar-refractivity contribution in [3.8, 4) is 0 Å². The summed E-state index contributed by atoms with van der Waals surface area (Å²) in [4.78, 5) is 16.0. The van der Waals surface area contributed by atoms with Crippen molar-refractivity contribution in [2.45, 2.75) is 32.9 Å². The molecule has 0 spiro atoms. The number of hydrogen-bond acceptors (Lipinski definition) is 3. The highest BCUT2D eigenvalue weighted by Crippen LogP contribution is 2.28. The molecule has 21 heavy (non-hydrogen) atoms. The minimum absolute atomic E-state index is 0.0985. The molecule has 1 amide bonds. The second-order valence-corrected chi connectivity index (χ2v) is 6.64. The highest BCUT2D eigenvalue weighted by molar-refractivity contribution is 5.78. The zero-order valence-corrected chi connectivity index (χ0v) is 13.5. The standard InChI is InChI=1S/C17H26N2O2/c1-13(2)17(21)11-19(12-17)10-16(20)18(4)9-15-7-5-14(3)6-8-15/h5-8,13,21H,9-12H2,1-4H3. The molecule has 0 saturated carbocycles. The average Bonchev–Trinajstić information content (AvgIpc) is 2.39. The van der Waals surface area contributed by atoms with Gasteiger partial charge in [-0.1, -0.05) is 43.7 Å². The molecule has 4 heteroatoms. The number of aliphatic hydroxyl groups is 1. The van der Waals surface area contributed by atoms with Gasteiger partial charge in [0.1, 0.15) is 0 Å². The van der Waals surface area contributed by atoms with E-state index in [-0.39, 0.29) is 11.8 Å². The van der Waals surface area contributed by atoms with Gasteiger partial charge in [0, 0.05) is 26.7 Å². The van der Waals surface area contributed by atoms with Crippen molar-refractivity contribution in [3.05, 3.63) is 35.4 Å². The highest BCUT2D eigenvalue weighted by atomic mass is 16.3. The lowest BCUT2D eigenvalue weighted by atomic mass is 9.83. The monoisotopic (exact) mass is 290 g/mol. The molecule has 1 aliphatic heterocycles. The number of carbonyl (C=O) groups is 1. The number of amides is 1. The van der Waals surface area contributed by atoms with E-state index in [1.807, 2.05) is 25.8 Å². The molecular formula is C17H26N2O2. The van der Waals surface area contributed by atoms with Crippen LogP contribution in [0.2, 0.25) is 0 Å². The largest absolute Gasteiger partial charge is 0.387 e. The van der Waals surface area contributed by atoms with Gasteiger partial charge in [-0.25, -0.2) is 0 Å². The maximum absolute atomic E-state index is 12.2. The number of hydrogen-bond donors (Lipinski definition) is 1. The normalized spacial score (nSPS) is 17.6. The Bertz CT molecular complexity index is 490. The van der Waals surface area contributed by atoms with Crippen LogP contribution in [0.25, 0.3) is 0 Å². The van der Waals surface area contributed by atoms with Crippen LogP contribution in [0.4, 0.5) is 0 Å². The molecule has 1 aromatic carbocycles. The van der Waals surface area contributed by atoms with Crippen molar-refractivity contribution in [3.63, 3.8) is 0 Å². The molecule has 0 unspecified atom stereocenters. The van der Waals surface area contributed by atoms with E-state index >= 15 is 0 Å². The minimum Gasteiger partial charge on any atom is -0.387 e. The number of nitrogens with zero attached hydrogens (tertiary/aromatic N) is 2. The van der Waals surface area contributed by atoms with Crippen LogP contribution in [-0.2, 0) is 11.3 Å². The first kappa shape index (κ1) is 16.0. The summed E-state index contributed by atoms with van der Waals surface area (Å²) in [5.41, 5.74) is 1.75. The molecule has 1 N–H and O–H groups in total. The average molecular weight is 290 g/mol. The second-order valence-electron chi connectivity index (χ2n) is 6.64. The van der Waals surface area contributed by atoms with Crippen LogP contribution in [0.5, 0.6) is 0 Å². The lowest BCUT2D eigenvalue weighted by molar-refractivity contribution is -0.148. The van der Waals surface area contributed by atoms with E-state index < -0.39 is 5.60 Å². The smallest absolute Gasteiger partial charge is 0.236 e. The number of benzene rings is 1. The predicted octanol–water partition coefficient (Wildman–Crippen LogP) is 1.66. The van der Waals surface area contributed by atoms with Gasteiger partial charge in [-0.15, -0.1) is 0 Å². The first-order valence-electron chi connectivity index (χ1n) is 7.54. The molecule has 2 rings (SSSR count). The number of rotatable bonds is 5. The fourth-order valence-corrected chi connectivity index (χ4v) is 2.57. The summed E-state index contributed by atoms with van der Waals surface area (Å²) in [6.45, 7) is 8.28. The summed E-state index contributed by atoms with van der Waals surface area (Å²) >= 11 is 0. The first-order chi connectivity index (χ1) is 9.80. The molecule has 0 aromatic heterocycles. The van der Waals surface area contributed by atoms with Gasteiger partial charge in [0.2, 0.25) is 5.91 Å². The van der Waals surface area contributed by atoms with E-state index in [1.165, 1.54) is 5.56 Å². The molecule has 1 saturated heterocycles. The van der Waals surface area contributed by atoms with E-state index in [9.17, 15) is 9.90 Å². The maximum Gasteiger partial charge on any atom is 0.236 e. The first-order valence-corrected chi connectivity index (χ1v) is 7.54. The van der Waals surface area contributed by atoms with Gasteiger partial charge in [0.05, 0.1) is 12.1 Å². The highest BCUT2D eigenvalue weighted by Gasteiger charge is 2.44. The van der Waals surface area contributed by atoms with Crippen molar-refractivity contribution in [1.82, 2.24) is 9.80 Å². The SMILES string of the molecule is Cc1ccc(CN(C)C(=O)CN2CC(O)(C(C)C)C2)cc1. The predicted molar refractivity (Wildman–Crippen MR) is 83.9 cm³/mol. The van der Waals surface area contributed by atoms with Gasteiger partial charge in [-0.3, -0.25) is 9.69 Å². The minimum atomic E-state index is -0.615. The zero-order valence-electron chi connectivity index (χ0n) is 13.5. The second kappa shape index (κ2) is 6.16. The molecule has 0 atom stereocenters. The Hall–Kier alpha value is -1.39. The van der Waals surface area contributed by atoms with Gasteiger partial charge < -0.3 is 10.0 Å². The molecule has 116 valence electrons. The Kier molecular flexibility index (Phi) is 4.69. The fraction of sp³-hybridized carbons (Fsp3) is 0.588. The van der Waals surface area contributed by atoms with Gasteiger partial charge in [-0.05, 0) is 18.4 Å². The quantitative estimate of drug-likeness (QED) is 0.897. The molecule has 0 bridgehead atoms. The van der Waals surface area contributed by atoms with Crippen LogP contribution in [0.15, 0.2) is 24.3 Å². The van der Waals surface area contributed by atoms with E-state index in [1.54, 1.807) is 4.90 Å². The lowest BCUT2D eigenvalue weighted by Crippen LogP contribution is -2.65. The Labute approximate surface area is 127 Å². The Balaban J connectivity index is 1.80. The van der Waals surface area contributed by atoms with Crippen molar-refractivity contribution in [2.75, 3.05) is 26.7 Å². The van der Waals surface area contributed by atoms with Crippen LogP contribution >= 0.6 is 0 Å². The van der Waals surface area contributed by atoms with Crippen molar-refractivity contribution in [1.29, 1.82) is 0 Å². The van der Waals surface area contributed by atoms with Crippen LogP contribution in [0, 0.1) is 12.8 Å². The van der Waals surface area contributed by atoms with Crippen molar-refractivity contribution < 1.29 is 9.90 Å². The molecule has 0 radical (unpaired) electrons. The van der Waals surface area contributed by atoms with E-state index in [4.69, 9.17) is 0 Å². The maximum atomic E-state index is 12.2. The molecule has 1 aliphatic rings. The summed E-state index contributed by atoms with van der Waals surface area (Å²) in [5.74, 6) is 0.329. The summed E-state index contributed by atoms with van der Waals surface area (Å²) in [6.07, 6.45) is 0. The number of β-amino-alcohol motifs (C(OH)–C–C–N with tert-alkyl or cyclic N) is 1. The molecular weight excluding hydrogens is 264 g/mol. The lowest BCUT2D eigenvalue weighted by Gasteiger charge is -2.49. The van der Waals surface area contributed by atoms with Crippen molar-refractivity contribution in [2.24, 2.45) is 5.92 Å². The number of likely N-dealkylation sites (N-methyl/N-ethyl adjacent to an activating group) is 1. The number of aryl methyl sites for hydroxylation is 1. The molecule has 0 aliphatic carbocycles. The molecule has 4 nitrogen and oxygen atoms in total. The zero-order chi connectivity index (χ0) is 15.6. The Morgan fingerprint density at radius 1 is 1.33 bits per heavy atom. The fourth-order valence-electron chi connectivity index (χ4n) is 2.57. The summed E-state index contributed by atoms with van der Waals surface area (Å²) in [5, 5.41) is 10.2. The van der Waals surface area contributed by atoms with Crippen LogP contribution in [0.3, 0.4) is 0 Å². The van der Waals surface area contributed by atoms with Crippen LogP contribution in [0.1, 0.15) is 25.0 Å². The van der Waals surface area contributed by atoms with Gasteiger partial charge >= 0.3 is 0 Å². The Morgan fingerprint density at radius 3 is 2.43 bits per heavy atom. The third-order valence-corrected chi connectivity index (χ3v) is 4.39. The number of carbonyl (C=O) groups excluding carboxylic acids is 1. The molecule has 1 heterocycles. The third-order valence-electron chi connectivity index (χ3n) is 4.39. The van der Waals surface area contributed by atoms with Crippen molar-refractivity contribution >= 4 is 5.91 Å². The number of likely N-dealkylation sites (tertiary alicyclic amines) is 1. The topological polar surface area (TPSA) is 43.8 Å². The van der Waals surface area contributed by atoms with E-state index in [2.05, 4.69) is 31.2 Å². The Morgan fingerprint density at radius 2 is 1.90 bits per heavy atom. The summed E-state index contributed by atoms with van der Waals surface area (Å²) in [7, 11) is 1.83.